The van der Waals surface area contributed by atoms with E-state index in [4.69, 9.17) is 0 Å². The number of anilines is 3. The molecule has 1 saturated heterocycles. The molecule has 0 aromatic carbocycles. The van der Waals surface area contributed by atoms with Crippen LogP contribution in [-0.4, -0.2) is 45.3 Å². The number of fused-ring (bicyclic) bond motifs is 4. The Morgan fingerprint density at radius 3 is 2.81 bits per heavy atom. The van der Waals surface area contributed by atoms with Gasteiger partial charge in [-0.05, 0) is 49.2 Å². The van der Waals surface area contributed by atoms with Gasteiger partial charge in [0.15, 0.2) is 11.6 Å². The van der Waals surface area contributed by atoms with Gasteiger partial charge in [0.05, 0.1) is 17.4 Å². The van der Waals surface area contributed by atoms with Gasteiger partial charge < -0.3 is 4.90 Å². The lowest BCUT2D eigenvalue weighted by molar-refractivity contribution is -0.141. The van der Waals surface area contributed by atoms with E-state index in [0.29, 0.717) is 23.9 Å². The van der Waals surface area contributed by atoms with E-state index in [1.165, 1.54) is 12.3 Å². The molecule has 8 nitrogen and oxygen atoms in total. The fourth-order valence-corrected chi connectivity index (χ4v) is 4.13. The average molecular weight is 441 g/mol. The van der Waals surface area contributed by atoms with Crippen molar-refractivity contribution in [1.29, 1.82) is 0 Å². The number of piperidine rings is 1. The summed E-state index contributed by atoms with van der Waals surface area (Å²) in [5.74, 6) is 0.711. The van der Waals surface area contributed by atoms with Gasteiger partial charge in [-0.25, -0.2) is 9.78 Å². The normalized spacial score (nSPS) is 17.7. The molecule has 0 spiro atoms. The Balaban J connectivity index is 1.55. The Hall–Kier alpha value is -3.76. The number of urea groups is 1. The molecule has 32 heavy (non-hydrogen) atoms. The number of rotatable bonds is 2. The Kier molecular flexibility index (Phi) is 4.87. The Morgan fingerprint density at radius 2 is 2.03 bits per heavy atom. The van der Waals surface area contributed by atoms with Gasteiger partial charge in [0.1, 0.15) is 5.69 Å². The van der Waals surface area contributed by atoms with E-state index < -0.39 is 17.9 Å². The summed E-state index contributed by atoms with van der Waals surface area (Å²) in [5.41, 5.74) is 0.377. The maximum Gasteiger partial charge on any atom is 0.433 e. The molecule has 0 radical (unpaired) electrons. The summed E-state index contributed by atoms with van der Waals surface area (Å²) >= 11 is 0. The predicted octanol–water partition coefficient (Wildman–Crippen LogP) is 3.97. The lowest BCUT2D eigenvalue weighted by Crippen LogP contribution is -2.56. The van der Waals surface area contributed by atoms with Crippen LogP contribution in [0.5, 0.6) is 0 Å². The molecule has 0 aliphatic carbocycles. The maximum absolute atomic E-state index is 13.2. The molecule has 0 saturated carbocycles. The third kappa shape index (κ3) is 3.70. The summed E-state index contributed by atoms with van der Waals surface area (Å²) in [6.07, 6.45) is -0.239. The Labute approximate surface area is 181 Å². The van der Waals surface area contributed by atoms with E-state index in [0.717, 1.165) is 37.3 Å². The van der Waals surface area contributed by atoms with Crippen LogP contribution in [0.25, 0.3) is 11.3 Å². The van der Waals surface area contributed by atoms with Gasteiger partial charge in [0, 0.05) is 31.0 Å². The number of carbonyl (C=O) groups excluding carboxylic acids is 1. The van der Waals surface area contributed by atoms with Crippen molar-refractivity contribution >= 4 is 23.4 Å². The van der Waals surface area contributed by atoms with Gasteiger partial charge in [0.25, 0.3) is 0 Å². The number of hydrogen-bond acceptors (Lipinski definition) is 6. The summed E-state index contributed by atoms with van der Waals surface area (Å²) < 4.78 is 39.4. The summed E-state index contributed by atoms with van der Waals surface area (Å²) in [6, 6.07) is 8.67. The number of alkyl halides is 3. The third-order valence-corrected chi connectivity index (χ3v) is 5.56. The zero-order valence-electron chi connectivity index (χ0n) is 16.8. The molecule has 5 heterocycles. The van der Waals surface area contributed by atoms with Crippen molar-refractivity contribution in [1.82, 2.24) is 20.2 Å². The van der Waals surface area contributed by atoms with Crippen molar-refractivity contribution in [2.24, 2.45) is 0 Å². The predicted molar refractivity (Wildman–Crippen MR) is 111 cm³/mol. The average Bonchev–Trinajstić information content (AvgIpc) is 2.79. The number of nitrogens with zero attached hydrogens (tertiary/aromatic N) is 6. The Bertz CT molecular complexity index is 1160. The van der Waals surface area contributed by atoms with Crippen molar-refractivity contribution in [3.8, 4) is 11.3 Å². The number of carbonyl (C=O) groups is 1. The second kappa shape index (κ2) is 7.74. The topological polar surface area (TPSA) is 87.1 Å². The highest BCUT2D eigenvalue weighted by molar-refractivity contribution is 6.04. The number of hydrogen-bond donors (Lipinski definition) is 1. The zero-order valence-corrected chi connectivity index (χ0v) is 16.8. The molecule has 1 unspecified atom stereocenters. The first-order valence-corrected chi connectivity index (χ1v) is 10.1. The summed E-state index contributed by atoms with van der Waals surface area (Å²) in [6.45, 7) is 1.49. The van der Waals surface area contributed by atoms with Crippen molar-refractivity contribution in [2.45, 2.75) is 25.1 Å². The zero-order chi connectivity index (χ0) is 22.3. The smallest absolute Gasteiger partial charge is 0.366 e. The molecule has 3 aromatic heterocycles. The third-order valence-electron chi connectivity index (χ3n) is 5.56. The van der Waals surface area contributed by atoms with E-state index in [2.05, 4.69) is 30.4 Å². The first-order chi connectivity index (χ1) is 15.4. The molecule has 11 heteroatoms. The van der Waals surface area contributed by atoms with Crippen LogP contribution in [0.15, 0.2) is 48.8 Å². The number of aromatic nitrogens is 4. The van der Waals surface area contributed by atoms with Gasteiger partial charge in [-0.3, -0.25) is 15.2 Å². The van der Waals surface area contributed by atoms with E-state index in [9.17, 15) is 18.0 Å². The molecule has 164 valence electrons. The second-order valence-corrected chi connectivity index (χ2v) is 7.62. The quantitative estimate of drug-likeness (QED) is 0.648. The molecule has 3 aromatic rings. The highest BCUT2D eigenvalue weighted by atomic mass is 19.4. The van der Waals surface area contributed by atoms with Crippen LogP contribution < -0.4 is 15.1 Å². The number of nitrogens with one attached hydrogen (secondary N) is 1. The second-order valence-electron chi connectivity index (χ2n) is 7.62. The van der Waals surface area contributed by atoms with Crippen LogP contribution in [0, 0.1) is 0 Å². The molecular weight excluding hydrogens is 423 g/mol. The van der Waals surface area contributed by atoms with E-state index >= 15 is 0 Å². The molecule has 2 bridgehead atoms. The highest BCUT2D eigenvalue weighted by Crippen LogP contribution is 2.40. The van der Waals surface area contributed by atoms with Crippen LogP contribution >= 0.6 is 0 Å². The van der Waals surface area contributed by atoms with Crippen molar-refractivity contribution in [3.63, 3.8) is 0 Å². The van der Waals surface area contributed by atoms with Crippen LogP contribution in [-0.2, 0) is 6.18 Å². The highest BCUT2D eigenvalue weighted by Gasteiger charge is 2.38. The number of halogens is 3. The first-order valence-electron chi connectivity index (χ1n) is 10.1. The molecule has 1 atom stereocenters. The van der Waals surface area contributed by atoms with Crippen LogP contribution in [0.4, 0.5) is 35.3 Å². The minimum Gasteiger partial charge on any atom is -0.366 e. The van der Waals surface area contributed by atoms with Crippen molar-refractivity contribution in [2.75, 3.05) is 28.2 Å². The Morgan fingerprint density at radius 1 is 1.16 bits per heavy atom. The minimum absolute atomic E-state index is 0.112. The van der Waals surface area contributed by atoms with Gasteiger partial charge in [-0.1, -0.05) is 0 Å². The lowest BCUT2D eigenvalue weighted by Gasteiger charge is -2.45. The minimum atomic E-state index is -4.56. The van der Waals surface area contributed by atoms with Gasteiger partial charge >= 0.3 is 12.2 Å². The maximum atomic E-state index is 13.2. The van der Waals surface area contributed by atoms with E-state index in [1.807, 2.05) is 0 Å². The van der Waals surface area contributed by atoms with Crippen molar-refractivity contribution in [3.05, 3.63) is 54.5 Å². The number of pyridine rings is 2. The van der Waals surface area contributed by atoms with Gasteiger partial charge in [-0.2, -0.15) is 18.3 Å². The number of amides is 2. The molecule has 2 aliphatic heterocycles. The lowest BCUT2D eigenvalue weighted by atomic mass is 9.99. The van der Waals surface area contributed by atoms with Crippen LogP contribution in [0.3, 0.4) is 0 Å². The SMILES string of the molecule is O=C(Nc1cccnn1)N1c2nc(-c3ccnc(C(F)(F)F)c3)ccc2N2CCCC1C2. The van der Waals surface area contributed by atoms with Gasteiger partial charge in [-0.15, -0.1) is 5.10 Å². The molecule has 2 amide bonds. The van der Waals surface area contributed by atoms with E-state index in [-0.39, 0.29) is 11.6 Å². The summed E-state index contributed by atoms with van der Waals surface area (Å²) in [7, 11) is 0. The van der Waals surface area contributed by atoms with Crippen molar-refractivity contribution < 1.29 is 18.0 Å². The molecule has 2 aliphatic rings. The molecule has 1 N–H and O–H groups in total. The van der Waals surface area contributed by atoms with Crippen LogP contribution in [0.1, 0.15) is 18.5 Å². The standard InChI is InChI=1S/C21H18F3N7O/c22-21(23,24)17-11-13(7-9-25-17)15-5-6-16-19(27-15)31(14-3-2-10-30(16)12-14)20(32)28-18-4-1-8-26-29-18/h1,4-9,11,14H,2-3,10,12H2,(H,28,29,32). The molecular formula is C21H18F3N7O. The summed E-state index contributed by atoms with van der Waals surface area (Å²) in [5, 5.41) is 10.4. The fraction of sp³-hybridized carbons (Fsp3) is 0.286. The largest absolute Gasteiger partial charge is 0.433 e. The van der Waals surface area contributed by atoms with Gasteiger partial charge in [0.2, 0.25) is 0 Å². The van der Waals surface area contributed by atoms with Crippen LogP contribution in [0.2, 0.25) is 0 Å². The molecule has 5 rings (SSSR count). The first kappa shape index (κ1) is 20.2. The monoisotopic (exact) mass is 441 g/mol. The molecule has 1 fully saturated rings. The fourth-order valence-electron chi connectivity index (χ4n) is 4.13. The summed E-state index contributed by atoms with van der Waals surface area (Å²) in [4.78, 5) is 25.0. The van der Waals surface area contributed by atoms with E-state index in [1.54, 1.807) is 29.2 Å².